The Labute approximate surface area is 99.9 Å². The molecule has 0 bridgehead atoms. The number of rotatable bonds is 3. The van der Waals surface area contributed by atoms with Crippen molar-refractivity contribution in [3.63, 3.8) is 0 Å². The van der Waals surface area contributed by atoms with Gasteiger partial charge in [0, 0.05) is 23.8 Å². The van der Waals surface area contributed by atoms with Gasteiger partial charge < -0.3 is 10.3 Å². The summed E-state index contributed by atoms with van der Waals surface area (Å²) in [5, 5.41) is 0.651. The van der Waals surface area contributed by atoms with Crippen LogP contribution in [0.3, 0.4) is 0 Å². The van der Waals surface area contributed by atoms with Gasteiger partial charge in [-0.05, 0) is 24.6 Å². The third-order valence-corrected chi connectivity index (χ3v) is 2.68. The van der Waals surface area contributed by atoms with Gasteiger partial charge in [0.1, 0.15) is 5.82 Å². The molecule has 16 heavy (non-hydrogen) atoms. The maximum absolute atomic E-state index is 5.94. The van der Waals surface area contributed by atoms with Crippen molar-refractivity contribution in [1.82, 2.24) is 9.55 Å². The fraction of sp³-hybridized carbons (Fsp3) is 0.250. The first-order valence-corrected chi connectivity index (χ1v) is 5.67. The van der Waals surface area contributed by atoms with Gasteiger partial charge in [0.25, 0.3) is 0 Å². The molecular weight excluding hydrogens is 222 g/mol. The lowest BCUT2D eigenvalue weighted by molar-refractivity contribution is 0.810. The predicted octanol–water partition coefficient (Wildman–Crippen LogP) is 3.06. The molecule has 0 atom stereocenters. The summed E-state index contributed by atoms with van der Waals surface area (Å²) in [5.41, 5.74) is 7.55. The average molecular weight is 236 g/mol. The van der Waals surface area contributed by atoms with Crippen molar-refractivity contribution in [1.29, 1.82) is 0 Å². The van der Waals surface area contributed by atoms with E-state index in [1.807, 2.05) is 22.9 Å². The first kappa shape index (κ1) is 11.0. The van der Waals surface area contributed by atoms with Crippen molar-refractivity contribution in [3.8, 4) is 5.69 Å². The zero-order valence-corrected chi connectivity index (χ0v) is 9.91. The third kappa shape index (κ3) is 2.04. The molecule has 0 unspecified atom stereocenters. The van der Waals surface area contributed by atoms with Crippen molar-refractivity contribution in [2.24, 2.45) is 0 Å². The first-order chi connectivity index (χ1) is 7.72. The van der Waals surface area contributed by atoms with E-state index in [1.165, 1.54) is 0 Å². The summed E-state index contributed by atoms with van der Waals surface area (Å²) < 4.78 is 2.01. The Hall–Kier alpha value is -1.48. The molecule has 0 aliphatic heterocycles. The van der Waals surface area contributed by atoms with Crippen LogP contribution in [-0.2, 0) is 6.42 Å². The Balaban J connectivity index is 2.46. The second-order valence-corrected chi connectivity index (χ2v) is 4.10. The quantitative estimate of drug-likeness (QED) is 0.831. The highest BCUT2D eigenvalue weighted by molar-refractivity contribution is 6.30. The van der Waals surface area contributed by atoms with Crippen molar-refractivity contribution < 1.29 is 0 Å². The number of hydrogen-bond donors (Lipinski definition) is 1. The number of nitrogen functional groups attached to an aromatic ring is 1. The fourth-order valence-corrected chi connectivity index (χ4v) is 1.89. The van der Waals surface area contributed by atoms with Crippen molar-refractivity contribution >= 4 is 17.3 Å². The number of nitrogens with two attached hydrogens (primary N) is 1. The van der Waals surface area contributed by atoms with E-state index in [1.54, 1.807) is 12.3 Å². The summed E-state index contributed by atoms with van der Waals surface area (Å²) >= 11 is 5.87. The topological polar surface area (TPSA) is 43.8 Å². The Kier molecular flexibility index (Phi) is 3.15. The summed E-state index contributed by atoms with van der Waals surface area (Å²) in [6, 6.07) is 5.51. The minimum absolute atomic E-state index is 0.651. The SMILES string of the molecule is CCCc1nccn1-c1ccc(Cl)cc1N. The monoisotopic (exact) mass is 235 g/mol. The summed E-state index contributed by atoms with van der Waals surface area (Å²) in [5.74, 6) is 1.02. The van der Waals surface area contributed by atoms with Gasteiger partial charge in [-0.15, -0.1) is 0 Å². The van der Waals surface area contributed by atoms with Crippen LogP contribution in [0.2, 0.25) is 5.02 Å². The fourth-order valence-electron chi connectivity index (χ4n) is 1.71. The minimum Gasteiger partial charge on any atom is -0.397 e. The van der Waals surface area contributed by atoms with E-state index < -0.39 is 0 Å². The van der Waals surface area contributed by atoms with E-state index >= 15 is 0 Å². The largest absolute Gasteiger partial charge is 0.397 e. The molecule has 0 aliphatic carbocycles. The van der Waals surface area contributed by atoms with Crippen LogP contribution >= 0.6 is 11.6 Å². The second kappa shape index (κ2) is 4.58. The van der Waals surface area contributed by atoms with Crippen LogP contribution in [-0.4, -0.2) is 9.55 Å². The molecule has 2 aromatic rings. The number of benzene rings is 1. The molecule has 0 radical (unpaired) electrons. The van der Waals surface area contributed by atoms with E-state index in [0.717, 1.165) is 24.4 Å². The number of nitrogens with zero attached hydrogens (tertiary/aromatic N) is 2. The second-order valence-electron chi connectivity index (χ2n) is 3.67. The Bertz CT molecular complexity index is 491. The minimum atomic E-state index is 0.651. The molecule has 0 spiro atoms. The lowest BCUT2D eigenvalue weighted by Crippen LogP contribution is -2.03. The highest BCUT2D eigenvalue weighted by Gasteiger charge is 2.07. The summed E-state index contributed by atoms with van der Waals surface area (Å²) in [4.78, 5) is 4.32. The van der Waals surface area contributed by atoms with Crippen molar-refractivity contribution in [2.75, 3.05) is 5.73 Å². The summed E-state index contributed by atoms with van der Waals surface area (Å²) in [6.45, 7) is 2.13. The summed E-state index contributed by atoms with van der Waals surface area (Å²) in [6.07, 6.45) is 5.71. The van der Waals surface area contributed by atoms with Crippen LogP contribution in [0.25, 0.3) is 5.69 Å². The Morgan fingerprint density at radius 3 is 2.94 bits per heavy atom. The van der Waals surface area contributed by atoms with Gasteiger partial charge in [-0.3, -0.25) is 0 Å². The Morgan fingerprint density at radius 2 is 2.25 bits per heavy atom. The maximum Gasteiger partial charge on any atom is 0.113 e. The highest BCUT2D eigenvalue weighted by atomic mass is 35.5. The molecule has 3 nitrogen and oxygen atoms in total. The van der Waals surface area contributed by atoms with Gasteiger partial charge in [-0.2, -0.15) is 0 Å². The molecule has 2 rings (SSSR count). The lowest BCUT2D eigenvalue weighted by Gasteiger charge is -2.10. The van der Waals surface area contributed by atoms with Crippen molar-refractivity contribution in [3.05, 3.63) is 41.4 Å². The van der Waals surface area contributed by atoms with Crippen LogP contribution < -0.4 is 5.73 Å². The van der Waals surface area contributed by atoms with Gasteiger partial charge in [0.05, 0.1) is 11.4 Å². The number of aryl methyl sites for hydroxylation is 1. The van der Waals surface area contributed by atoms with E-state index in [4.69, 9.17) is 17.3 Å². The van der Waals surface area contributed by atoms with Crippen LogP contribution in [0.1, 0.15) is 19.2 Å². The standard InChI is InChI=1S/C12H14ClN3/c1-2-3-12-15-6-7-16(12)11-5-4-9(13)8-10(11)14/h4-8H,2-3,14H2,1H3. The molecule has 0 fully saturated rings. The smallest absolute Gasteiger partial charge is 0.113 e. The number of halogens is 1. The zero-order chi connectivity index (χ0) is 11.5. The van der Waals surface area contributed by atoms with Gasteiger partial charge in [-0.25, -0.2) is 4.98 Å². The number of aromatic nitrogens is 2. The molecule has 1 aromatic heterocycles. The van der Waals surface area contributed by atoms with Gasteiger partial charge >= 0.3 is 0 Å². The number of anilines is 1. The predicted molar refractivity (Wildman–Crippen MR) is 67.0 cm³/mol. The lowest BCUT2D eigenvalue weighted by atomic mass is 10.2. The number of imidazole rings is 1. The normalized spacial score (nSPS) is 10.6. The van der Waals surface area contributed by atoms with E-state index in [-0.39, 0.29) is 0 Å². The molecule has 0 saturated carbocycles. The van der Waals surface area contributed by atoms with Crippen molar-refractivity contribution in [2.45, 2.75) is 19.8 Å². The molecule has 1 aromatic carbocycles. The zero-order valence-electron chi connectivity index (χ0n) is 9.15. The third-order valence-electron chi connectivity index (χ3n) is 2.44. The highest BCUT2D eigenvalue weighted by Crippen LogP contribution is 2.23. The molecular formula is C12H14ClN3. The molecule has 0 saturated heterocycles. The van der Waals surface area contributed by atoms with Gasteiger partial charge in [0.2, 0.25) is 0 Å². The van der Waals surface area contributed by atoms with Gasteiger partial charge in [0.15, 0.2) is 0 Å². The maximum atomic E-state index is 5.94. The van der Waals surface area contributed by atoms with Crippen LogP contribution in [0.5, 0.6) is 0 Å². The van der Waals surface area contributed by atoms with E-state index in [2.05, 4.69) is 11.9 Å². The van der Waals surface area contributed by atoms with Gasteiger partial charge in [-0.1, -0.05) is 18.5 Å². The first-order valence-electron chi connectivity index (χ1n) is 5.30. The average Bonchev–Trinajstić information content (AvgIpc) is 2.67. The molecule has 0 aliphatic rings. The molecule has 84 valence electrons. The van der Waals surface area contributed by atoms with Crippen LogP contribution in [0.4, 0.5) is 5.69 Å². The van der Waals surface area contributed by atoms with E-state index in [0.29, 0.717) is 10.7 Å². The number of hydrogen-bond acceptors (Lipinski definition) is 2. The molecule has 4 heteroatoms. The van der Waals surface area contributed by atoms with Crippen LogP contribution in [0, 0.1) is 0 Å². The summed E-state index contributed by atoms with van der Waals surface area (Å²) in [7, 11) is 0. The van der Waals surface area contributed by atoms with E-state index in [9.17, 15) is 0 Å². The molecule has 2 N–H and O–H groups in total. The van der Waals surface area contributed by atoms with Crippen LogP contribution in [0.15, 0.2) is 30.6 Å². The molecule has 1 heterocycles. The molecule has 0 amide bonds. The Morgan fingerprint density at radius 1 is 1.44 bits per heavy atom.